The summed E-state index contributed by atoms with van der Waals surface area (Å²) in [6.07, 6.45) is 2.66. The van der Waals surface area contributed by atoms with Crippen LogP contribution >= 0.6 is 0 Å². The Morgan fingerprint density at radius 1 is 1.12 bits per heavy atom. The smallest absolute Gasteiger partial charge is 0.270 e. The molecule has 0 aliphatic heterocycles. The molecule has 2 N–H and O–H groups in total. The minimum atomic E-state index is -0.544. The Morgan fingerprint density at radius 3 is 2.73 bits per heavy atom. The number of nitrogens with zero attached hydrogens (tertiary/aromatic N) is 1. The van der Waals surface area contributed by atoms with Crippen LogP contribution in [0.5, 0.6) is 0 Å². The molecule has 0 bridgehead atoms. The largest absolute Gasteiger partial charge is 0.322 e. The van der Waals surface area contributed by atoms with E-state index in [4.69, 9.17) is 0 Å². The van der Waals surface area contributed by atoms with Gasteiger partial charge in [0.05, 0.1) is 10.4 Å². The summed E-state index contributed by atoms with van der Waals surface area (Å²) in [6.45, 7) is 0. The molecule has 26 heavy (non-hydrogen) atoms. The number of benzene rings is 2. The molecular formula is C19H15N3O4. The number of fused-ring (bicyclic) bond motifs is 3. The van der Waals surface area contributed by atoms with E-state index in [1.807, 2.05) is 6.07 Å². The number of aromatic amines is 1. The average molecular weight is 349 g/mol. The molecular weight excluding hydrogens is 334 g/mol. The zero-order chi connectivity index (χ0) is 18.3. The van der Waals surface area contributed by atoms with Crippen molar-refractivity contribution in [3.05, 3.63) is 79.6 Å². The van der Waals surface area contributed by atoms with Gasteiger partial charge >= 0.3 is 0 Å². The van der Waals surface area contributed by atoms with E-state index in [0.29, 0.717) is 11.2 Å². The fourth-order valence-electron chi connectivity index (χ4n) is 3.44. The standard InChI is InChI=1S/C19H15N3O4/c23-18(11-3-1-4-13(9-11)22(25)26)20-12-7-8-15-14-5-2-6-16(14)19(24)21-17(15)10-12/h1,3-4,7-10H,2,5-6H2,(H,20,23)(H,21,24). The summed E-state index contributed by atoms with van der Waals surface area (Å²) in [5.74, 6) is -0.448. The number of hydrogen-bond acceptors (Lipinski definition) is 4. The predicted molar refractivity (Wildman–Crippen MR) is 97.6 cm³/mol. The first-order valence-electron chi connectivity index (χ1n) is 8.26. The van der Waals surface area contributed by atoms with Crippen molar-refractivity contribution >= 4 is 28.2 Å². The number of rotatable bonds is 3. The van der Waals surface area contributed by atoms with Crippen LogP contribution in [-0.2, 0) is 12.8 Å². The molecule has 1 heterocycles. The summed E-state index contributed by atoms with van der Waals surface area (Å²) >= 11 is 0. The molecule has 0 saturated heterocycles. The molecule has 130 valence electrons. The van der Waals surface area contributed by atoms with Gasteiger partial charge in [0.1, 0.15) is 0 Å². The number of carbonyl (C=O) groups excluding carboxylic acids is 1. The molecule has 0 radical (unpaired) electrons. The van der Waals surface area contributed by atoms with Crippen LogP contribution in [0.25, 0.3) is 10.9 Å². The zero-order valence-electron chi connectivity index (χ0n) is 13.7. The summed E-state index contributed by atoms with van der Waals surface area (Å²) in [4.78, 5) is 37.7. The summed E-state index contributed by atoms with van der Waals surface area (Å²) in [7, 11) is 0. The number of aromatic nitrogens is 1. The second-order valence-electron chi connectivity index (χ2n) is 6.29. The minimum Gasteiger partial charge on any atom is -0.322 e. The molecule has 0 fully saturated rings. The van der Waals surface area contributed by atoms with Gasteiger partial charge in [0.25, 0.3) is 17.2 Å². The number of aryl methyl sites for hydroxylation is 1. The third-order valence-corrected chi connectivity index (χ3v) is 4.66. The van der Waals surface area contributed by atoms with Gasteiger partial charge < -0.3 is 10.3 Å². The number of hydrogen-bond donors (Lipinski definition) is 2. The molecule has 3 aromatic rings. The molecule has 1 amide bonds. The number of nitro benzene ring substituents is 1. The highest BCUT2D eigenvalue weighted by Gasteiger charge is 2.18. The molecule has 7 nitrogen and oxygen atoms in total. The van der Waals surface area contributed by atoms with Gasteiger partial charge in [-0.1, -0.05) is 12.1 Å². The van der Waals surface area contributed by atoms with E-state index in [-0.39, 0.29) is 16.8 Å². The van der Waals surface area contributed by atoms with Gasteiger partial charge in [0.2, 0.25) is 0 Å². The van der Waals surface area contributed by atoms with E-state index in [1.165, 1.54) is 24.3 Å². The highest BCUT2D eigenvalue weighted by Crippen LogP contribution is 2.28. The Balaban J connectivity index is 1.66. The van der Waals surface area contributed by atoms with Crippen molar-refractivity contribution in [3.8, 4) is 0 Å². The third-order valence-electron chi connectivity index (χ3n) is 4.66. The Morgan fingerprint density at radius 2 is 1.92 bits per heavy atom. The third kappa shape index (κ3) is 2.73. The van der Waals surface area contributed by atoms with Crippen molar-refractivity contribution in [2.45, 2.75) is 19.3 Å². The van der Waals surface area contributed by atoms with E-state index in [2.05, 4.69) is 10.3 Å². The fraction of sp³-hybridized carbons (Fsp3) is 0.158. The Labute approximate surface area is 147 Å². The van der Waals surface area contributed by atoms with Crippen LogP contribution in [-0.4, -0.2) is 15.8 Å². The van der Waals surface area contributed by atoms with Crippen molar-refractivity contribution in [2.75, 3.05) is 5.32 Å². The topological polar surface area (TPSA) is 105 Å². The van der Waals surface area contributed by atoms with Gasteiger partial charge in [-0.15, -0.1) is 0 Å². The summed E-state index contributed by atoms with van der Waals surface area (Å²) in [5.41, 5.74) is 3.10. The van der Waals surface area contributed by atoms with Crippen LogP contribution in [0.4, 0.5) is 11.4 Å². The second-order valence-corrected chi connectivity index (χ2v) is 6.29. The quantitative estimate of drug-likeness (QED) is 0.559. The molecule has 4 rings (SSSR count). The van der Waals surface area contributed by atoms with Gasteiger partial charge in [-0.3, -0.25) is 19.7 Å². The van der Waals surface area contributed by atoms with E-state index < -0.39 is 10.8 Å². The minimum absolute atomic E-state index is 0.0767. The van der Waals surface area contributed by atoms with Crippen LogP contribution < -0.4 is 10.9 Å². The van der Waals surface area contributed by atoms with Gasteiger partial charge in [0, 0.05) is 34.3 Å². The lowest BCUT2D eigenvalue weighted by atomic mass is 10.1. The van der Waals surface area contributed by atoms with Crippen molar-refractivity contribution in [2.24, 2.45) is 0 Å². The highest BCUT2D eigenvalue weighted by atomic mass is 16.6. The van der Waals surface area contributed by atoms with Gasteiger partial charge in [-0.25, -0.2) is 0 Å². The maximum Gasteiger partial charge on any atom is 0.270 e. The lowest BCUT2D eigenvalue weighted by Gasteiger charge is -2.09. The number of nitro groups is 1. The van der Waals surface area contributed by atoms with Crippen molar-refractivity contribution in [1.29, 1.82) is 0 Å². The first kappa shape index (κ1) is 16.0. The molecule has 2 aromatic carbocycles. The second kappa shape index (κ2) is 6.11. The van der Waals surface area contributed by atoms with E-state index >= 15 is 0 Å². The Hall–Kier alpha value is -3.48. The molecule has 7 heteroatoms. The van der Waals surface area contributed by atoms with Gasteiger partial charge in [0.15, 0.2) is 0 Å². The molecule has 0 unspecified atom stereocenters. The number of non-ortho nitro benzene ring substituents is 1. The van der Waals surface area contributed by atoms with Crippen LogP contribution in [0.1, 0.15) is 27.9 Å². The fourth-order valence-corrected chi connectivity index (χ4v) is 3.44. The van der Waals surface area contributed by atoms with Gasteiger partial charge in [-0.05, 0) is 43.0 Å². The van der Waals surface area contributed by atoms with Crippen LogP contribution in [0.15, 0.2) is 47.3 Å². The highest BCUT2D eigenvalue weighted by molar-refractivity contribution is 6.05. The maximum absolute atomic E-state index is 12.4. The zero-order valence-corrected chi connectivity index (χ0v) is 13.7. The average Bonchev–Trinajstić information content (AvgIpc) is 3.12. The monoisotopic (exact) mass is 349 g/mol. The number of pyridine rings is 1. The number of amides is 1. The Bertz CT molecular complexity index is 1120. The first-order valence-corrected chi connectivity index (χ1v) is 8.26. The van der Waals surface area contributed by atoms with E-state index in [1.54, 1.807) is 12.1 Å². The number of carbonyl (C=O) groups is 1. The number of nitrogens with one attached hydrogen (secondary N) is 2. The number of H-pyrrole nitrogens is 1. The van der Waals surface area contributed by atoms with E-state index in [0.717, 1.165) is 35.8 Å². The van der Waals surface area contributed by atoms with E-state index in [9.17, 15) is 19.7 Å². The van der Waals surface area contributed by atoms with Crippen molar-refractivity contribution in [3.63, 3.8) is 0 Å². The number of anilines is 1. The summed E-state index contributed by atoms with van der Waals surface area (Å²) in [5, 5.41) is 14.6. The first-order chi connectivity index (χ1) is 12.5. The summed E-state index contributed by atoms with van der Waals surface area (Å²) in [6, 6.07) is 10.9. The summed E-state index contributed by atoms with van der Waals surface area (Å²) < 4.78 is 0. The normalized spacial score (nSPS) is 12.8. The van der Waals surface area contributed by atoms with Crippen LogP contribution in [0.3, 0.4) is 0 Å². The molecule has 1 aromatic heterocycles. The van der Waals surface area contributed by atoms with Gasteiger partial charge in [-0.2, -0.15) is 0 Å². The molecule has 1 aliphatic carbocycles. The SMILES string of the molecule is O=C(Nc1ccc2c3c(c(=O)[nH]c2c1)CCC3)c1cccc([N+](=O)[O-])c1. The van der Waals surface area contributed by atoms with Crippen molar-refractivity contribution in [1.82, 2.24) is 4.98 Å². The van der Waals surface area contributed by atoms with Crippen LogP contribution in [0, 0.1) is 10.1 Å². The lowest BCUT2D eigenvalue weighted by Crippen LogP contribution is -2.14. The molecule has 0 saturated carbocycles. The molecule has 0 atom stereocenters. The molecule has 0 spiro atoms. The maximum atomic E-state index is 12.4. The lowest BCUT2D eigenvalue weighted by molar-refractivity contribution is -0.384. The van der Waals surface area contributed by atoms with Crippen molar-refractivity contribution < 1.29 is 9.72 Å². The predicted octanol–water partition coefficient (Wildman–Crippen LogP) is 3.18. The Kier molecular flexibility index (Phi) is 3.76. The molecule has 1 aliphatic rings. The van der Waals surface area contributed by atoms with Crippen LogP contribution in [0.2, 0.25) is 0 Å².